The lowest BCUT2D eigenvalue weighted by atomic mass is 10.2. The Morgan fingerprint density at radius 1 is 1.29 bits per heavy atom. The Bertz CT molecular complexity index is 308. The highest BCUT2D eigenvalue weighted by molar-refractivity contribution is 5.70. The van der Waals surface area contributed by atoms with Crippen LogP contribution in [0, 0.1) is 31.4 Å². The molecule has 0 aliphatic carbocycles. The van der Waals surface area contributed by atoms with Gasteiger partial charge >= 0.3 is 5.97 Å². The van der Waals surface area contributed by atoms with Crippen molar-refractivity contribution in [3.05, 3.63) is 35.4 Å². The van der Waals surface area contributed by atoms with Crippen LogP contribution in [0.3, 0.4) is 0 Å². The largest absolute Gasteiger partial charge is 0.468 e. The zero-order chi connectivity index (χ0) is 13.8. The van der Waals surface area contributed by atoms with Crippen LogP contribution in [0.25, 0.3) is 0 Å². The summed E-state index contributed by atoms with van der Waals surface area (Å²) in [6, 6.07) is 3.42. The molecule has 0 radical (unpaired) electrons. The van der Waals surface area contributed by atoms with Crippen LogP contribution in [0.2, 0.25) is 0 Å². The molecule has 0 atom stereocenters. The SMILES string of the molecule is C#C.COC(=O)CN.Cc1cc(F)cc(F)c1. The van der Waals surface area contributed by atoms with Crippen molar-refractivity contribution in [1.29, 1.82) is 0 Å². The highest BCUT2D eigenvalue weighted by Gasteiger charge is 1.93. The maximum absolute atomic E-state index is 12.2. The number of nitrogens with two attached hydrogens (primary N) is 1. The van der Waals surface area contributed by atoms with Crippen molar-refractivity contribution < 1.29 is 18.3 Å². The van der Waals surface area contributed by atoms with E-state index in [1.54, 1.807) is 6.92 Å². The molecule has 0 aromatic heterocycles. The molecule has 0 unspecified atom stereocenters. The third kappa shape index (κ3) is 10.4. The van der Waals surface area contributed by atoms with Crippen molar-refractivity contribution in [2.24, 2.45) is 5.73 Å². The average Bonchev–Trinajstić information content (AvgIpc) is 2.29. The van der Waals surface area contributed by atoms with Gasteiger partial charge < -0.3 is 10.5 Å². The summed E-state index contributed by atoms with van der Waals surface area (Å²) in [7, 11) is 1.30. The van der Waals surface area contributed by atoms with Crippen LogP contribution in [0.15, 0.2) is 18.2 Å². The van der Waals surface area contributed by atoms with Crippen LogP contribution in [-0.4, -0.2) is 19.6 Å². The normalized spacial score (nSPS) is 7.94. The smallest absolute Gasteiger partial charge is 0.319 e. The molecule has 17 heavy (non-hydrogen) atoms. The molecule has 1 aromatic rings. The number of benzene rings is 1. The van der Waals surface area contributed by atoms with Gasteiger partial charge in [0.2, 0.25) is 0 Å². The highest BCUT2D eigenvalue weighted by atomic mass is 19.1. The Morgan fingerprint density at radius 3 is 1.88 bits per heavy atom. The molecular weight excluding hydrogens is 228 g/mol. The summed E-state index contributed by atoms with van der Waals surface area (Å²) >= 11 is 0. The summed E-state index contributed by atoms with van der Waals surface area (Å²) in [6.45, 7) is 1.61. The first-order valence-corrected chi connectivity index (χ1v) is 4.52. The fourth-order valence-electron chi connectivity index (χ4n) is 0.775. The number of hydrogen-bond donors (Lipinski definition) is 1. The Labute approximate surface area is 99.6 Å². The molecule has 0 fully saturated rings. The highest BCUT2D eigenvalue weighted by Crippen LogP contribution is 2.05. The first kappa shape index (κ1) is 17.5. The predicted molar refractivity (Wildman–Crippen MR) is 62.1 cm³/mol. The number of carbonyl (C=O) groups is 1. The van der Waals surface area contributed by atoms with Crippen molar-refractivity contribution >= 4 is 5.97 Å². The molecule has 1 aromatic carbocycles. The quantitative estimate of drug-likeness (QED) is 0.602. The van der Waals surface area contributed by atoms with Gasteiger partial charge in [-0.3, -0.25) is 4.79 Å². The number of aryl methyl sites for hydroxylation is 1. The molecule has 0 aliphatic heterocycles. The standard InChI is InChI=1S/C7H6F2.C3H7NO2.C2H2/c1-5-2-6(8)4-7(9)3-5;1-6-3(5)2-4;1-2/h2-4H,1H3;2,4H2,1H3;1-2H. The fourth-order valence-corrected chi connectivity index (χ4v) is 0.775. The summed E-state index contributed by atoms with van der Waals surface area (Å²) in [5, 5.41) is 0. The minimum Gasteiger partial charge on any atom is -0.468 e. The predicted octanol–water partition coefficient (Wildman–Crippen LogP) is 1.64. The molecule has 0 saturated carbocycles. The topological polar surface area (TPSA) is 52.3 Å². The van der Waals surface area contributed by atoms with Crippen LogP contribution in [0.5, 0.6) is 0 Å². The van der Waals surface area contributed by atoms with Gasteiger partial charge in [0.15, 0.2) is 0 Å². The first-order valence-electron chi connectivity index (χ1n) is 4.52. The lowest BCUT2D eigenvalue weighted by molar-refractivity contribution is -0.138. The lowest BCUT2D eigenvalue weighted by Crippen LogP contribution is -2.14. The number of hydrogen-bond acceptors (Lipinski definition) is 3. The summed E-state index contributed by atoms with van der Waals surface area (Å²) in [6.07, 6.45) is 8.00. The van der Waals surface area contributed by atoms with Gasteiger partial charge in [0.1, 0.15) is 11.6 Å². The molecule has 0 aliphatic rings. The van der Waals surface area contributed by atoms with E-state index < -0.39 is 11.6 Å². The third-order valence-corrected chi connectivity index (χ3v) is 1.40. The summed E-state index contributed by atoms with van der Waals surface area (Å²) in [5.74, 6) is -1.42. The number of terminal acetylenes is 1. The van der Waals surface area contributed by atoms with Crippen LogP contribution < -0.4 is 5.73 Å². The van der Waals surface area contributed by atoms with E-state index in [1.165, 1.54) is 19.2 Å². The van der Waals surface area contributed by atoms with Gasteiger partial charge in [0, 0.05) is 6.07 Å². The molecule has 0 saturated heterocycles. The van der Waals surface area contributed by atoms with E-state index >= 15 is 0 Å². The average molecular weight is 243 g/mol. The lowest BCUT2D eigenvalue weighted by Gasteiger charge is -1.91. The van der Waals surface area contributed by atoms with Crippen LogP contribution in [0.4, 0.5) is 8.78 Å². The molecule has 0 heterocycles. The van der Waals surface area contributed by atoms with Crippen molar-refractivity contribution in [2.45, 2.75) is 6.92 Å². The monoisotopic (exact) mass is 243 g/mol. The Balaban J connectivity index is 0. The summed E-state index contributed by atoms with van der Waals surface area (Å²) < 4.78 is 28.5. The second kappa shape index (κ2) is 10.6. The van der Waals surface area contributed by atoms with Crippen molar-refractivity contribution in [3.8, 4) is 12.8 Å². The molecule has 0 amide bonds. The zero-order valence-electron chi connectivity index (χ0n) is 9.74. The number of halogens is 2. The second-order valence-electron chi connectivity index (χ2n) is 2.73. The van der Waals surface area contributed by atoms with Crippen LogP contribution >= 0.6 is 0 Å². The molecular formula is C12H15F2NO2. The fraction of sp³-hybridized carbons (Fsp3) is 0.250. The summed E-state index contributed by atoms with van der Waals surface area (Å²) in [5.41, 5.74) is 5.41. The van der Waals surface area contributed by atoms with E-state index in [1.807, 2.05) is 0 Å². The van der Waals surface area contributed by atoms with E-state index in [9.17, 15) is 13.6 Å². The molecule has 94 valence electrons. The van der Waals surface area contributed by atoms with Crippen LogP contribution in [-0.2, 0) is 9.53 Å². The molecule has 3 nitrogen and oxygen atoms in total. The van der Waals surface area contributed by atoms with E-state index in [2.05, 4.69) is 17.6 Å². The second-order valence-corrected chi connectivity index (χ2v) is 2.73. The van der Waals surface area contributed by atoms with E-state index in [-0.39, 0.29) is 12.5 Å². The third-order valence-electron chi connectivity index (χ3n) is 1.40. The van der Waals surface area contributed by atoms with E-state index in [4.69, 9.17) is 5.73 Å². The van der Waals surface area contributed by atoms with Gasteiger partial charge in [0.25, 0.3) is 0 Å². The Morgan fingerprint density at radius 2 is 1.71 bits per heavy atom. The number of esters is 1. The molecule has 0 bridgehead atoms. The van der Waals surface area contributed by atoms with Gasteiger partial charge in [-0.05, 0) is 24.6 Å². The van der Waals surface area contributed by atoms with Crippen molar-refractivity contribution in [3.63, 3.8) is 0 Å². The molecule has 5 heteroatoms. The summed E-state index contributed by atoms with van der Waals surface area (Å²) in [4.78, 5) is 9.83. The van der Waals surface area contributed by atoms with Crippen LogP contribution in [0.1, 0.15) is 5.56 Å². The number of rotatable bonds is 1. The maximum Gasteiger partial charge on any atom is 0.319 e. The minimum atomic E-state index is -0.521. The van der Waals surface area contributed by atoms with Gasteiger partial charge in [0.05, 0.1) is 13.7 Å². The number of ether oxygens (including phenoxy) is 1. The number of methoxy groups -OCH3 is 1. The molecule has 2 N–H and O–H groups in total. The van der Waals surface area contributed by atoms with Gasteiger partial charge in [-0.2, -0.15) is 0 Å². The molecule has 1 rings (SSSR count). The first-order chi connectivity index (χ1) is 7.99. The van der Waals surface area contributed by atoms with Crippen molar-refractivity contribution in [2.75, 3.05) is 13.7 Å². The molecule has 0 spiro atoms. The van der Waals surface area contributed by atoms with Crippen molar-refractivity contribution in [1.82, 2.24) is 0 Å². The van der Waals surface area contributed by atoms with E-state index in [0.717, 1.165) is 6.07 Å². The number of carbonyl (C=O) groups excluding carboxylic acids is 1. The Hall–Kier alpha value is -1.93. The Kier molecular flexibility index (Phi) is 10.9. The zero-order valence-corrected chi connectivity index (χ0v) is 9.74. The van der Waals surface area contributed by atoms with Gasteiger partial charge in [-0.15, -0.1) is 12.8 Å². The van der Waals surface area contributed by atoms with Gasteiger partial charge in [-0.1, -0.05) is 0 Å². The maximum atomic E-state index is 12.2. The van der Waals surface area contributed by atoms with E-state index in [0.29, 0.717) is 5.56 Å². The minimum absolute atomic E-state index is 0.0312. The van der Waals surface area contributed by atoms with Gasteiger partial charge in [-0.25, -0.2) is 8.78 Å².